The SMILES string of the molecule is COc1ccc(S(=O)(=O)c2[nH]nc3ccc(NC4CCNCC4)cc23)cc1.Cl. The molecular weight excluding hydrogens is 400 g/mol. The largest absolute Gasteiger partial charge is 0.497 e. The molecule has 28 heavy (non-hydrogen) atoms. The van der Waals surface area contributed by atoms with Gasteiger partial charge in [0, 0.05) is 17.1 Å². The number of benzene rings is 2. The Morgan fingerprint density at radius 1 is 1.11 bits per heavy atom. The molecule has 150 valence electrons. The van der Waals surface area contributed by atoms with Crippen molar-refractivity contribution in [2.75, 3.05) is 25.5 Å². The van der Waals surface area contributed by atoms with E-state index in [1.54, 1.807) is 19.2 Å². The van der Waals surface area contributed by atoms with Gasteiger partial charge in [-0.3, -0.25) is 5.10 Å². The maximum Gasteiger partial charge on any atom is 0.223 e. The quantitative estimate of drug-likeness (QED) is 0.585. The normalized spacial score (nSPS) is 15.2. The van der Waals surface area contributed by atoms with Crippen LogP contribution >= 0.6 is 12.4 Å². The Balaban J connectivity index is 0.00000225. The number of nitrogens with one attached hydrogen (secondary N) is 3. The van der Waals surface area contributed by atoms with Gasteiger partial charge in [0.1, 0.15) is 5.75 Å². The van der Waals surface area contributed by atoms with Gasteiger partial charge < -0.3 is 15.4 Å². The number of hydrogen-bond acceptors (Lipinski definition) is 6. The predicted octanol–water partition coefficient (Wildman–Crippen LogP) is 2.99. The molecule has 1 aliphatic rings. The average Bonchev–Trinajstić information content (AvgIpc) is 3.13. The van der Waals surface area contributed by atoms with Gasteiger partial charge in [0.05, 0.1) is 17.5 Å². The molecule has 9 heteroatoms. The number of anilines is 1. The second kappa shape index (κ2) is 8.38. The third-order valence-electron chi connectivity index (χ3n) is 4.87. The minimum Gasteiger partial charge on any atom is -0.497 e. The number of halogens is 1. The van der Waals surface area contributed by atoms with Gasteiger partial charge in [-0.25, -0.2) is 8.42 Å². The van der Waals surface area contributed by atoms with Gasteiger partial charge >= 0.3 is 0 Å². The van der Waals surface area contributed by atoms with Crippen molar-refractivity contribution in [3.05, 3.63) is 42.5 Å². The number of fused-ring (bicyclic) bond motifs is 1. The van der Waals surface area contributed by atoms with Crippen molar-refractivity contribution in [2.45, 2.75) is 28.8 Å². The number of nitrogens with zero attached hydrogens (tertiary/aromatic N) is 1. The molecule has 0 aliphatic carbocycles. The molecule has 3 N–H and O–H groups in total. The van der Waals surface area contributed by atoms with E-state index in [2.05, 4.69) is 20.8 Å². The highest BCUT2D eigenvalue weighted by Crippen LogP contribution is 2.29. The average molecular weight is 423 g/mol. The standard InChI is InChI=1S/C19H22N4O3S.ClH/c1-26-15-3-5-16(6-4-15)27(24,25)19-17-12-14(2-7-18(17)22-23-19)21-13-8-10-20-11-9-13;/h2-7,12-13,20-21H,8-11H2,1H3,(H,22,23);1H. The Labute approximate surface area is 170 Å². The van der Waals surface area contributed by atoms with E-state index < -0.39 is 9.84 Å². The summed E-state index contributed by atoms with van der Waals surface area (Å²) in [6.07, 6.45) is 2.08. The van der Waals surface area contributed by atoms with Crippen LogP contribution in [0.15, 0.2) is 52.4 Å². The Hall–Kier alpha value is -2.29. The van der Waals surface area contributed by atoms with E-state index in [-0.39, 0.29) is 22.3 Å². The highest BCUT2D eigenvalue weighted by atomic mass is 35.5. The molecule has 0 spiro atoms. The fourth-order valence-corrected chi connectivity index (χ4v) is 4.70. The maximum atomic E-state index is 13.1. The van der Waals surface area contributed by atoms with Crippen molar-refractivity contribution in [2.24, 2.45) is 0 Å². The van der Waals surface area contributed by atoms with Crippen LogP contribution in [0.3, 0.4) is 0 Å². The lowest BCUT2D eigenvalue weighted by Crippen LogP contribution is -2.35. The molecule has 4 rings (SSSR count). The molecule has 0 radical (unpaired) electrons. The molecule has 0 bridgehead atoms. The second-order valence-corrected chi connectivity index (χ2v) is 8.52. The van der Waals surface area contributed by atoms with E-state index in [1.165, 1.54) is 12.1 Å². The molecule has 0 amide bonds. The number of methoxy groups -OCH3 is 1. The summed E-state index contributed by atoms with van der Waals surface area (Å²) in [5.74, 6) is 0.608. The van der Waals surface area contributed by atoms with Crippen LogP contribution in [0.5, 0.6) is 5.75 Å². The summed E-state index contributed by atoms with van der Waals surface area (Å²) in [5.41, 5.74) is 1.53. The first-order valence-electron chi connectivity index (χ1n) is 8.92. The number of ether oxygens (including phenoxy) is 1. The Morgan fingerprint density at radius 2 is 1.82 bits per heavy atom. The fraction of sp³-hybridized carbons (Fsp3) is 0.316. The van der Waals surface area contributed by atoms with Crippen molar-refractivity contribution < 1.29 is 13.2 Å². The molecule has 7 nitrogen and oxygen atoms in total. The first-order valence-corrected chi connectivity index (χ1v) is 10.4. The van der Waals surface area contributed by atoms with Crippen molar-refractivity contribution in [3.63, 3.8) is 0 Å². The maximum absolute atomic E-state index is 13.1. The van der Waals surface area contributed by atoms with Gasteiger partial charge in [0.15, 0.2) is 5.03 Å². The number of hydrogen-bond donors (Lipinski definition) is 3. The van der Waals surface area contributed by atoms with Crippen molar-refractivity contribution in [1.82, 2.24) is 15.5 Å². The van der Waals surface area contributed by atoms with Crippen LogP contribution in [0.2, 0.25) is 0 Å². The van der Waals surface area contributed by atoms with Gasteiger partial charge in [-0.1, -0.05) is 0 Å². The zero-order chi connectivity index (χ0) is 18.9. The van der Waals surface area contributed by atoms with E-state index in [1.807, 2.05) is 18.2 Å². The lowest BCUT2D eigenvalue weighted by atomic mass is 10.1. The smallest absolute Gasteiger partial charge is 0.223 e. The van der Waals surface area contributed by atoms with Crippen molar-refractivity contribution >= 4 is 38.8 Å². The molecule has 1 fully saturated rings. The van der Waals surface area contributed by atoms with E-state index in [0.717, 1.165) is 31.6 Å². The molecule has 1 saturated heterocycles. The first-order chi connectivity index (χ1) is 13.1. The van der Waals surface area contributed by atoms with E-state index in [4.69, 9.17) is 4.74 Å². The van der Waals surface area contributed by atoms with Gasteiger partial charge in [-0.05, 0) is 68.4 Å². The van der Waals surface area contributed by atoms with Crippen LogP contribution in [0, 0.1) is 0 Å². The number of aromatic nitrogens is 2. The van der Waals surface area contributed by atoms with Crippen LogP contribution in [0.25, 0.3) is 10.9 Å². The summed E-state index contributed by atoms with van der Waals surface area (Å²) < 4.78 is 31.2. The van der Waals surface area contributed by atoms with Gasteiger partial charge in [0.2, 0.25) is 9.84 Å². The molecule has 2 aromatic carbocycles. The summed E-state index contributed by atoms with van der Waals surface area (Å²) in [7, 11) is -2.16. The fourth-order valence-electron chi connectivity index (χ4n) is 3.36. The van der Waals surface area contributed by atoms with Crippen LogP contribution in [0.4, 0.5) is 5.69 Å². The third-order valence-corrected chi connectivity index (χ3v) is 6.61. The minimum atomic E-state index is -3.71. The Kier molecular flexibility index (Phi) is 6.12. The molecule has 3 aromatic rings. The number of H-pyrrole nitrogens is 1. The lowest BCUT2D eigenvalue weighted by molar-refractivity contribution is 0.414. The summed E-state index contributed by atoms with van der Waals surface area (Å²) in [4.78, 5) is 0.200. The van der Waals surface area contributed by atoms with E-state index >= 15 is 0 Å². The molecule has 1 aliphatic heterocycles. The van der Waals surface area contributed by atoms with E-state index in [9.17, 15) is 8.42 Å². The number of sulfone groups is 1. The zero-order valence-corrected chi connectivity index (χ0v) is 17.1. The summed E-state index contributed by atoms with van der Waals surface area (Å²) >= 11 is 0. The molecular formula is C19H23ClN4O3S. The lowest BCUT2D eigenvalue weighted by Gasteiger charge is -2.24. The molecule has 0 atom stereocenters. The van der Waals surface area contributed by atoms with Crippen LogP contribution < -0.4 is 15.4 Å². The number of aromatic amines is 1. The van der Waals surface area contributed by atoms with Gasteiger partial charge in [0.25, 0.3) is 0 Å². The second-order valence-electron chi connectivity index (χ2n) is 6.63. The summed E-state index contributed by atoms with van der Waals surface area (Å²) in [5, 5.41) is 14.4. The van der Waals surface area contributed by atoms with Crippen molar-refractivity contribution in [1.29, 1.82) is 0 Å². The summed E-state index contributed by atoms with van der Waals surface area (Å²) in [6, 6.07) is 12.4. The van der Waals surface area contributed by atoms with Crippen LogP contribution in [-0.2, 0) is 9.84 Å². The van der Waals surface area contributed by atoms with Crippen molar-refractivity contribution in [3.8, 4) is 5.75 Å². The van der Waals surface area contributed by atoms with Crippen LogP contribution in [-0.4, -0.2) is 44.9 Å². The first kappa shape index (κ1) is 20.4. The number of rotatable bonds is 5. The molecule has 0 unspecified atom stereocenters. The summed E-state index contributed by atoms with van der Waals surface area (Å²) in [6.45, 7) is 1.98. The molecule has 0 saturated carbocycles. The molecule has 2 heterocycles. The highest BCUT2D eigenvalue weighted by Gasteiger charge is 2.23. The minimum absolute atomic E-state index is 0. The van der Waals surface area contributed by atoms with Gasteiger partial charge in [-0.15, -0.1) is 12.4 Å². The monoisotopic (exact) mass is 422 g/mol. The highest BCUT2D eigenvalue weighted by molar-refractivity contribution is 7.91. The number of piperidine rings is 1. The Morgan fingerprint density at radius 3 is 2.50 bits per heavy atom. The Bertz CT molecular complexity index is 1040. The molecule has 1 aromatic heterocycles. The van der Waals surface area contributed by atoms with Crippen LogP contribution in [0.1, 0.15) is 12.8 Å². The predicted molar refractivity (Wildman–Crippen MR) is 111 cm³/mol. The zero-order valence-electron chi connectivity index (χ0n) is 15.4. The van der Waals surface area contributed by atoms with Gasteiger partial charge in [-0.2, -0.15) is 5.10 Å². The third kappa shape index (κ3) is 3.94. The topological polar surface area (TPSA) is 96.1 Å². The van der Waals surface area contributed by atoms with E-state index in [0.29, 0.717) is 22.7 Å².